The van der Waals surface area contributed by atoms with Crippen molar-refractivity contribution in [3.8, 4) is 0 Å². The lowest BCUT2D eigenvalue weighted by atomic mass is 10.3. The molecule has 2 rings (SSSR count). The third-order valence-corrected chi connectivity index (χ3v) is 2.52. The minimum atomic E-state index is -0.867. The van der Waals surface area contributed by atoms with Crippen LogP contribution in [-0.2, 0) is 0 Å². The van der Waals surface area contributed by atoms with E-state index in [9.17, 15) is 8.78 Å². The number of hydrogen-bond acceptors (Lipinski definition) is 4. The summed E-state index contributed by atoms with van der Waals surface area (Å²) in [6.45, 7) is 0. The molecule has 0 aliphatic carbocycles. The summed E-state index contributed by atoms with van der Waals surface area (Å²) in [4.78, 5) is 7.41. The molecule has 0 saturated heterocycles. The Morgan fingerprint density at radius 2 is 1.94 bits per heavy atom. The normalized spacial score (nSPS) is 10.4. The number of hydrogen-bond donors (Lipinski definition) is 2. The SMILES string of the molecule is Nc1cnc(Cl)nc1Nc1c(F)cc(F)cc1Cl. The molecule has 0 atom stereocenters. The summed E-state index contributed by atoms with van der Waals surface area (Å²) in [5.74, 6) is -1.56. The van der Waals surface area contributed by atoms with Crippen LogP contribution in [0.4, 0.5) is 26.0 Å². The largest absolute Gasteiger partial charge is 0.394 e. The van der Waals surface area contributed by atoms with Crippen molar-refractivity contribution in [2.45, 2.75) is 0 Å². The number of halogens is 4. The van der Waals surface area contributed by atoms with Crippen LogP contribution in [0.15, 0.2) is 18.3 Å². The lowest BCUT2D eigenvalue weighted by molar-refractivity contribution is 0.586. The molecule has 0 amide bonds. The molecule has 1 aromatic heterocycles. The van der Waals surface area contributed by atoms with Crippen LogP contribution in [0.1, 0.15) is 0 Å². The van der Waals surface area contributed by atoms with Crippen molar-refractivity contribution in [2.75, 3.05) is 11.1 Å². The van der Waals surface area contributed by atoms with E-state index in [1.807, 2.05) is 0 Å². The van der Waals surface area contributed by atoms with Crippen LogP contribution in [0.2, 0.25) is 10.3 Å². The van der Waals surface area contributed by atoms with E-state index >= 15 is 0 Å². The molecule has 0 bridgehead atoms. The number of rotatable bonds is 2. The van der Waals surface area contributed by atoms with E-state index in [0.29, 0.717) is 6.07 Å². The number of nitrogens with zero attached hydrogens (tertiary/aromatic N) is 2. The van der Waals surface area contributed by atoms with Crippen LogP contribution in [-0.4, -0.2) is 9.97 Å². The second-order valence-corrected chi connectivity index (χ2v) is 4.06. The first-order valence-electron chi connectivity index (χ1n) is 4.67. The Morgan fingerprint density at radius 1 is 1.22 bits per heavy atom. The van der Waals surface area contributed by atoms with Gasteiger partial charge in [-0.05, 0) is 17.7 Å². The van der Waals surface area contributed by atoms with E-state index in [1.54, 1.807) is 0 Å². The summed E-state index contributed by atoms with van der Waals surface area (Å²) in [6.07, 6.45) is 1.26. The van der Waals surface area contributed by atoms with Gasteiger partial charge in [0.1, 0.15) is 5.82 Å². The Kier molecular flexibility index (Phi) is 3.49. The molecule has 0 radical (unpaired) electrons. The molecule has 18 heavy (non-hydrogen) atoms. The van der Waals surface area contributed by atoms with E-state index in [2.05, 4.69) is 15.3 Å². The minimum absolute atomic E-state index is 0.0645. The highest BCUT2D eigenvalue weighted by Gasteiger charge is 2.12. The van der Waals surface area contributed by atoms with Gasteiger partial charge in [-0.1, -0.05) is 11.6 Å². The maximum Gasteiger partial charge on any atom is 0.224 e. The lowest BCUT2D eigenvalue weighted by Crippen LogP contribution is -2.03. The Hall–Kier alpha value is -1.66. The van der Waals surface area contributed by atoms with Crippen molar-refractivity contribution in [3.63, 3.8) is 0 Å². The van der Waals surface area contributed by atoms with Crippen LogP contribution in [0.25, 0.3) is 0 Å². The van der Waals surface area contributed by atoms with Gasteiger partial charge in [0.25, 0.3) is 0 Å². The maximum atomic E-state index is 13.5. The smallest absolute Gasteiger partial charge is 0.224 e. The van der Waals surface area contributed by atoms with Crippen LogP contribution in [0, 0.1) is 11.6 Å². The average Bonchev–Trinajstić information content (AvgIpc) is 2.28. The number of benzene rings is 1. The standard InChI is InChI=1S/C10H6Cl2F2N4/c11-5-1-4(13)2-6(14)8(5)17-9-7(15)3-16-10(12)18-9/h1-3H,15H2,(H,16,17,18). The molecule has 0 saturated carbocycles. The second-order valence-electron chi connectivity index (χ2n) is 3.31. The van der Waals surface area contributed by atoms with Crippen molar-refractivity contribution in [2.24, 2.45) is 0 Å². The summed E-state index contributed by atoms with van der Waals surface area (Å²) in [5, 5.41) is 2.34. The topological polar surface area (TPSA) is 63.8 Å². The molecule has 0 spiro atoms. The van der Waals surface area contributed by atoms with Crippen LogP contribution >= 0.6 is 23.2 Å². The molecule has 0 unspecified atom stereocenters. The van der Waals surface area contributed by atoms with E-state index in [0.717, 1.165) is 6.07 Å². The van der Waals surface area contributed by atoms with Gasteiger partial charge in [-0.3, -0.25) is 0 Å². The Balaban J connectivity index is 2.43. The average molecular weight is 291 g/mol. The molecule has 4 nitrogen and oxygen atoms in total. The highest BCUT2D eigenvalue weighted by Crippen LogP contribution is 2.30. The molecule has 8 heteroatoms. The number of nitrogens with two attached hydrogens (primary N) is 1. The van der Waals surface area contributed by atoms with Gasteiger partial charge in [0, 0.05) is 6.07 Å². The molecule has 1 heterocycles. The minimum Gasteiger partial charge on any atom is -0.394 e. The zero-order valence-electron chi connectivity index (χ0n) is 8.72. The van der Waals surface area contributed by atoms with Crippen molar-refractivity contribution < 1.29 is 8.78 Å². The van der Waals surface area contributed by atoms with Crippen molar-refractivity contribution in [3.05, 3.63) is 40.3 Å². The highest BCUT2D eigenvalue weighted by molar-refractivity contribution is 6.33. The Labute approximate surface area is 111 Å². The Morgan fingerprint density at radius 3 is 2.61 bits per heavy atom. The van der Waals surface area contributed by atoms with Crippen molar-refractivity contribution >= 4 is 40.4 Å². The summed E-state index contributed by atoms with van der Waals surface area (Å²) in [6, 6.07) is 1.65. The molecule has 2 aromatic rings. The van der Waals surface area contributed by atoms with E-state index in [1.165, 1.54) is 6.20 Å². The number of anilines is 3. The fraction of sp³-hybridized carbons (Fsp3) is 0. The molecule has 3 N–H and O–H groups in total. The fourth-order valence-corrected chi connectivity index (χ4v) is 1.62. The van der Waals surface area contributed by atoms with Gasteiger partial charge in [0.15, 0.2) is 11.6 Å². The summed E-state index contributed by atoms with van der Waals surface area (Å²) >= 11 is 11.3. The third kappa shape index (κ3) is 2.60. The molecular formula is C10H6Cl2F2N4. The lowest BCUT2D eigenvalue weighted by Gasteiger charge is -2.10. The molecule has 0 aliphatic heterocycles. The third-order valence-electron chi connectivity index (χ3n) is 2.04. The van der Waals surface area contributed by atoms with Crippen LogP contribution in [0.3, 0.4) is 0 Å². The summed E-state index contributed by atoms with van der Waals surface area (Å²) in [7, 11) is 0. The summed E-state index contributed by atoms with van der Waals surface area (Å²) in [5.41, 5.74) is 5.59. The van der Waals surface area contributed by atoms with E-state index in [-0.39, 0.29) is 27.5 Å². The molecule has 94 valence electrons. The fourth-order valence-electron chi connectivity index (χ4n) is 1.25. The van der Waals surface area contributed by atoms with Gasteiger partial charge in [0.05, 0.1) is 22.6 Å². The van der Waals surface area contributed by atoms with Gasteiger partial charge < -0.3 is 11.1 Å². The monoisotopic (exact) mass is 290 g/mol. The van der Waals surface area contributed by atoms with E-state index in [4.69, 9.17) is 28.9 Å². The zero-order valence-corrected chi connectivity index (χ0v) is 10.2. The van der Waals surface area contributed by atoms with Crippen LogP contribution < -0.4 is 11.1 Å². The van der Waals surface area contributed by atoms with Gasteiger partial charge >= 0.3 is 0 Å². The van der Waals surface area contributed by atoms with Gasteiger partial charge in [0.2, 0.25) is 5.28 Å². The number of aromatic nitrogens is 2. The van der Waals surface area contributed by atoms with E-state index < -0.39 is 11.6 Å². The zero-order chi connectivity index (χ0) is 13.3. The predicted molar refractivity (Wildman–Crippen MR) is 66.1 cm³/mol. The summed E-state index contributed by atoms with van der Waals surface area (Å²) < 4.78 is 26.4. The first-order valence-corrected chi connectivity index (χ1v) is 5.42. The molecule has 0 aliphatic rings. The second kappa shape index (κ2) is 4.91. The van der Waals surface area contributed by atoms with Gasteiger partial charge in [-0.15, -0.1) is 0 Å². The van der Waals surface area contributed by atoms with Gasteiger partial charge in [-0.25, -0.2) is 13.8 Å². The number of nitrogen functional groups attached to an aromatic ring is 1. The first kappa shape index (κ1) is 12.8. The van der Waals surface area contributed by atoms with Crippen LogP contribution in [0.5, 0.6) is 0 Å². The number of nitrogens with one attached hydrogen (secondary N) is 1. The predicted octanol–water partition coefficient (Wildman–Crippen LogP) is 3.39. The highest BCUT2D eigenvalue weighted by atomic mass is 35.5. The van der Waals surface area contributed by atoms with Gasteiger partial charge in [-0.2, -0.15) is 4.98 Å². The molecular weight excluding hydrogens is 285 g/mol. The van der Waals surface area contributed by atoms with Crippen molar-refractivity contribution in [1.82, 2.24) is 9.97 Å². The molecule has 1 aromatic carbocycles. The maximum absolute atomic E-state index is 13.5. The Bertz CT molecular complexity index is 583. The van der Waals surface area contributed by atoms with Crippen molar-refractivity contribution in [1.29, 1.82) is 0 Å². The quantitative estimate of drug-likeness (QED) is 0.832. The first-order chi connectivity index (χ1) is 8.47. The molecule has 0 fully saturated rings.